The van der Waals surface area contributed by atoms with Crippen molar-refractivity contribution in [3.8, 4) is 0 Å². The lowest BCUT2D eigenvalue weighted by Crippen LogP contribution is -2.17. The predicted octanol–water partition coefficient (Wildman–Crippen LogP) is 4.43. The van der Waals surface area contributed by atoms with Gasteiger partial charge in [-0.1, -0.05) is 45.0 Å². The maximum absolute atomic E-state index is 12.0. The van der Waals surface area contributed by atoms with Gasteiger partial charge in [0.05, 0.1) is 11.8 Å². The van der Waals surface area contributed by atoms with Crippen molar-refractivity contribution in [2.24, 2.45) is 5.10 Å². The van der Waals surface area contributed by atoms with Crippen LogP contribution >= 0.6 is 11.3 Å². The highest BCUT2D eigenvalue weighted by atomic mass is 32.1. The summed E-state index contributed by atoms with van der Waals surface area (Å²) in [6.45, 7) is 10.5. The van der Waals surface area contributed by atoms with Crippen molar-refractivity contribution in [3.05, 3.63) is 56.8 Å². The van der Waals surface area contributed by atoms with Gasteiger partial charge in [0.2, 0.25) is 0 Å². The van der Waals surface area contributed by atoms with E-state index in [4.69, 9.17) is 0 Å². The molecule has 0 saturated carbocycles. The Morgan fingerprint density at radius 1 is 1.18 bits per heavy atom. The number of nitrogens with zero attached hydrogens (tertiary/aromatic N) is 1. The highest BCUT2D eigenvalue weighted by Crippen LogP contribution is 2.22. The van der Waals surface area contributed by atoms with Gasteiger partial charge in [0.25, 0.3) is 5.91 Å². The minimum atomic E-state index is -0.163. The van der Waals surface area contributed by atoms with Gasteiger partial charge in [-0.05, 0) is 36.0 Å². The molecule has 0 spiro atoms. The van der Waals surface area contributed by atoms with E-state index >= 15 is 0 Å². The molecule has 0 aliphatic rings. The molecule has 1 amide bonds. The van der Waals surface area contributed by atoms with Gasteiger partial charge in [-0.3, -0.25) is 4.79 Å². The summed E-state index contributed by atoms with van der Waals surface area (Å²) >= 11 is 1.58. The SMILES string of the molecule is Cc1scc(C(=O)NN=Cc2ccc(C(C)(C)C)cc2)c1C. The third kappa shape index (κ3) is 3.83. The van der Waals surface area contributed by atoms with Gasteiger partial charge >= 0.3 is 0 Å². The van der Waals surface area contributed by atoms with Gasteiger partial charge in [0.15, 0.2) is 0 Å². The Bertz CT molecular complexity index is 691. The van der Waals surface area contributed by atoms with E-state index in [0.29, 0.717) is 5.56 Å². The molecule has 0 unspecified atom stereocenters. The molecule has 1 heterocycles. The van der Waals surface area contributed by atoms with Gasteiger partial charge in [-0.2, -0.15) is 5.10 Å². The first-order valence-corrected chi connectivity index (χ1v) is 8.15. The van der Waals surface area contributed by atoms with Crippen LogP contribution in [-0.2, 0) is 5.41 Å². The smallest absolute Gasteiger partial charge is 0.267 e. The van der Waals surface area contributed by atoms with E-state index in [-0.39, 0.29) is 11.3 Å². The molecule has 0 aliphatic carbocycles. The average molecular weight is 314 g/mol. The fraction of sp³-hybridized carbons (Fsp3) is 0.333. The van der Waals surface area contributed by atoms with Gasteiger partial charge in [0, 0.05) is 10.3 Å². The quantitative estimate of drug-likeness (QED) is 0.661. The Balaban J connectivity index is 2.01. The predicted molar refractivity (Wildman–Crippen MR) is 94.0 cm³/mol. The fourth-order valence-electron chi connectivity index (χ4n) is 2.03. The normalized spacial score (nSPS) is 11.9. The lowest BCUT2D eigenvalue weighted by Gasteiger charge is -2.18. The van der Waals surface area contributed by atoms with Crippen LogP contribution in [0.15, 0.2) is 34.7 Å². The molecule has 22 heavy (non-hydrogen) atoms. The first-order chi connectivity index (χ1) is 10.3. The van der Waals surface area contributed by atoms with Crippen LogP contribution in [0.25, 0.3) is 0 Å². The Kier molecular flexibility index (Phi) is 4.81. The number of nitrogens with one attached hydrogen (secondary N) is 1. The Morgan fingerprint density at radius 3 is 2.32 bits per heavy atom. The van der Waals surface area contributed by atoms with E-state index in [1.54, 1.807) is 17.6 Å². The molecule has 3 nitrogen and oxygen atoms in total. The third-order valence-electron chi connectivity index (χ3n) is 3.69. The molecule has 0 bridgehead atoms. The van der Waals surface area contributed by atoms with Crippen molar-refractivity contribution >= 4 is 23.5 Å². The van der Waals surface area contributed by atoms with Gasteiger partial charge in [-0.25, -0.2) is 5.43 Å². The van der Waals surface area contributed by atoms with Crippen LogP contribution in [-0.4, -0.2) is 12.1 Å². The molecular weight excluding hydrogens is 292 g/mol. The number of amides is 1. The van der Waals surface area contributed by atoms with E-state index in [1.165, 1.54) is 5.56 Å². The van der Waals surface area contributed by atoms with Crippen molar-refractivity contribution in [3.63, 3.8) is 0 Å². The molecule has 0 aliphatic heterocycles. The zero-order valence-corrected chi connectivity index (χ0v) is 14.5. The lowest BCUT2D eigenvalue weighted by molar-refractivity contribution is 0.0955. The minimum Gasteiger partial charge on any atom is -0.267 e. The molecule has 1 aromatic heterocycles. The van der Waals surface area contributed by atoms with Crippen molar-refractivity contribution in [2.75, 3.05) is 0 Å². The highest BCUT2D eigenvalue weighted by molar-refractivity contribution is 7.10. The Labute approximate surface area is 136 Å². The van der Waals surface area contributed by atoms with Crippen LogP contribution in [0.5, 0.6) is 0 Å². The topological polar surface area (TPSA) is 41.5 Å². The molecule has 0 radical (unpaired) electrons. The van der Waals surface area contributed by atoms with Crippen LogP contribution in [0, 0.1) is 13.8 Å². The van der Waals surface area contributed by atoms with Crippen LogP contribution in [0.2, 0.25) is 0 Å². The number of rotatable bonds is 3. The second kappa shape index (κ2) is 6.44. The van der Waals surface area contributed by atoms with Crippen molar-refractivity contribution in [1.29, 1.82) is 0 Å². The van der Waals surface area contributed by atoms with Gasteiger partial charge in [0.1, 0.15) is 0 Å². The number of hydrogen-bond donors (Lipinski definition) is 1. The molecule has 0 atom stereocenters. The van der Waals surface area contributed by atoms with Crippen LogP contribution in [0.1, 0.15) is 52.7 Å². The number of benzene rings is 1. The molecule has 0 fully saturated rings. The first kappa shape index (κ1) is 16.4. The molecule has 2 rings (SSSR count). The third-order valence-corrected chi connectivity index (χ3v) is 4.70. The summed E-state index contributed by atoms with van der Waals surface area (Å²) in [6.07, 6.45) is 1.67. The van der Waals surface area contributed by atoms with E-state index < -0.39 is 0 Å². The summed E-state index contributed by atoms with van der Waals surface area (Å²) in [5.41, 5.74) is 6.68. The molecule has 4 heteroatoms. The second-order valence-electron chi connectivity index (χ2n) is 6.40. The van der Waals surface area contributed by atoms with Crippen molar-refractivity contribution < 1.29 is 4.79 Å². The summed E-state index contributed by atoms with van der Waals surface area (Å²) in [5, 5.41) is 5.91. The first-order valence-electron chi connectivity index (χ1n) is 7.27. The summed E-state index contributed by atoms with van der Waals surface area (Å²) in [7, 11) is 0. The number of hydrazone groups is 1. The van der Waals surface area contributed by atoms with Crippen molar-refractivity contribution in [1.82, 2.24) is 5.43 Å². The molecule has 0 saturated heterocycles. The Hall–Kier alpha value is -1.94. The highest BCUT2D eigenvalue weighted by Gasteiger charge is 2.13. The maximum atomic E-state index is 12.0. The van der Waals surface area contributed by atoms with Crippen molar-refractivity contribution in [2.45, 2.75) is 40.0 Å². The van der Waals surface area contributed by atoms with E-state index in [1.807, 2.05) is 31.4 Å². The lowest BCUT2D eigenvalue weighted by atomic mass is 9.87. The monoisotopic (exact) mass is 314 g/mol. The fourth-order valence-corrected chi connectivity index (χ4v) is 2.90. The van der Waals surface area contributed by atoms with E-state index in [0.717, 1.165) is 16.0 Å². The van der Waals surface area contributed by atoms with Crippen LogP contribution in [0.3, 0.4) is 0 Å². The van der Waals surface area contributed by atoms with Crippen LogP contribution < -0.4 is 5.43 Å². The zero-order valence-electron chi connectivity index (χ0n) is 13.7. The maximum Gasteiger partial charge on any atom is 0.272 e. The second-order valence-corrected chi connectivity index (χ2v) is 7.49. The molecule has 116 valence electrons. The number of aryl methyl sites for hydroxylation is 1. The number of hydrogen-bond acceptors (Lipinski definition) is 3. The minimum absolute atomic E-state index is 0.137. The van der Waals surface area contributed by atoms with E-state index in [9.17, 15) is 4.79 Å². The largest absolute Gasteiger partial charge is 0.272 e. The molecule has 2 aromatic rings. The summed E-state index contributed by atoms with van der Waals surface area (Å²) < 4.78 is 0. The summed E-state index contributed by atoms with van der Waals surface area (Å²) in [4.78, 5) is 13.2. The number of thiophene rings is 1. The Morgan fingerprint density at radius 2 is 1.82 bits per heavy atom. The summed E-state index contributed by atoms with van der Waals surface area (Å²) in [5.74, 6) is -0.163. The zero-order chi connectivity index (χ0) is 16.3. The standard InChI is InChI=1S/C18H22N2OS/c1-12-13(2)22-11-16(12)17(21)20-19-10-14-6-8-15(9-7-14)18(3,4)5/h6-11H,1-5H3,(H,20,21). The molecule has 1 N–H and O–H groups in total. The molecule has 1 aromatic carbocycles. The van der Waals surface area contributed by atoms with Crippen LogP contribution in [0.4, 0.5) is 0 Å². The molecular formula is C18H22N2OS. The number of carbonyl (C=O) groups excluding carboxylic acids is 1. The van der Waals surface area contributed by atoms with E-state index in [2.05, 4.69) is 43.4 Å². The average Bonchev–Trinajstić information content (AvgIpc) is 2.78. The van der Waals surface area contributed by atoms with Gasteiger partial charge in [-0.15, -0.1) is 11.3 Å². The van der Waals surface area contributed by atoms with Gasteiger partial charge < -0.3 is 0 Å². The summed E-state index contributed by atoms with van der Waals surface area (Å²) in [6, 6.07) is 8.21. The number of carbonyl (C=O) groups is 1.